The monoisotopic (exact) mass is 262 g/mol. The van der Waals surface area contributed by atoms with Crippen molar-refractivity contribution in [2.75, 3.05) is 0 Å². The molecule has 1 atom stereocenters. The Morgan fingerprint density at radius 3 is 2.79 bits per heavy atom. The molecule has 2 rings (SSSR count). The van der Waals surface area contributed by atoms with Crippen molar-refractivity contribution >= 4 is 5.91 Å². The van der Waals surface area contributed by atoms with Gasteiger partial charge in [-0.25, -0.2) is 0 Å². The van der Waals surface area contributed by atoms with Gasteiger partial charge in [-0.05, 0) is 19.1 Å². The molecule has 7 nitrogen and oxygen atoms in total. The molecule has 1 aromatic heterocycles. The minimum Gasteiger partial charge on any atom is -0.504 e. The van der Waals surface area contributed by atoms with E-state index in [1.807, 2.05) is 0 Å². The van der Waals surface area contributed by atoms with E-state index in [0.29, 0.717) is 5.82 Å². The largest absolute Gasteiger partial charge is 0.504 e. The summed E-state index contributed by atoms with van der Waals surface area (Å²) in [5, 5.41) is 29.3. The normalized spacial score (nSPS) is 12.1. The van der Waals surface area contributed by atoms with Crippen LogP contribution in [-0.2, 0) is 7.05 Å². The second kappa shape index (κ2) is 4.97. The van der Waals surface area contributed by atoms with Crippen molar-refractivity contribution in [2.24, 2.45) is 7.05 Å². The van der Waals surface area contributed by atoms with E-state index in [2.05, 4.69) is 15.5 Å². The fourth-order valence-corrected chi connectivity index (χ4v) is 1.74. The van der Waals surface area contributed by atoms with Crippen LogP contribution in [0.3, 0.4) is 0 Å². The van der Waals surface area contributed by atoms with E-state index in [-0.39, 0.29) is 17.4 Å². The molecule has 0 aliphatic heterocycles. The standard InChI is InChI=1S/C12H14N4O3/c1-7(11-15-13-6-16(11)2)14-12(19)8-4-3-5-9(17)10(8)18/h3-7,17-18H,1-2H3,(H,14,19). The SMILES string of the molecule is CC(NC(=O)c1cccc(O)c1O)c1nncn1C. The van der Waals surface area contributed by atoms with Gasteiger partial charge in [0.05, 0.1) is 11.6 Å². The smallest absolute Gasteiger partial charge is 0.255 e. The summed E-state index contributed by atoms with van der Waals surface area (Å²) in [4.78, 5) is 12.0. The summed E-state index contributed by atoms with van der Waals surface area (Å²) >= 11 is 0. The quantitative estimate of drug-likeness (QED) is 0.707. The van der Waals surface area contributed by atoms with Crippen LogP contribution in [0.25, 0.3) is 0 Å². The van der Waals surface area contributed by atoms with Crippen LogP contribution in [0.15, 0.2) is 24.5 Å². The number of carbonyl (C=O) groups excluding carboxylic acids is 1. The van der Waals surface area contributed by atoms with Crippen molar-refractivity contribution in [1.82, 2.24) is 20.1 Å². The molecular formula is C12H14N4O3. The molecule has 0 fully saturated rings. The Kier molecular flexibility index (Phi) is 3.37. The van der Waals surface area contributed by atoms with Crippen molar-refractivity contribution in [3.05, 3.63) is 35.9 Å². The zero-order valence-corrected chi connectivity index (χ0v) is 10.5. The molecule has 100 valence electrons. The Labute approximate surface area is 109 Å². The number of aromatic nitrogens is 3. The highest BCUT2D eigenvalue weighted by molar-refractivity contribution is 5.97. The van der Waals surface area contributed by atoms with E-state index in [1.54, 1.807) is 18.5 Å². The summed E-state index contributed by atoms with van der Waals surface area (Å²) in [6.45, 7) is 1.75. The maximum absolute atomic E-state index is 12.0. The van der Waals surface area contributed by atoms with Crippen LogP contribution in [0, 0.1) is 0 Å². The predicted octanol–water partition coefficient (Wildman–Crippen LogP) is 0.717. The maximum atomic E-state index is 12.0. The minimum absolute atomic E-state index is 0.00835. The Bertz CT molecular complexity index is 609. The number of phenolic OH excluding ortho intramolecular Hbond substituents is 2. The molecule has 3 N–H and O–H groups in total. The van der Waals surface area contributed by atoms with E-state index in [1.165, 1.54) is 24.5 Å². The van der Waals surface area contributed by atoms with Gasteiger partial charge in [0.1, 0.15) is 6.33 Å². The topological polar surface area (TPSA) is 100 Å². The number of nitrogens with zero attached hydrogens (tertiary/aromatic N) is 3. The zero-order chi connectivity index (χ0) is 14.0. The Morgan fingerprint density at radius 2 is 2.16 bits per heavy atom. The number of hydrogen-bond acceptors (Lipinski definition) is 5. The van der Waals surface area contributed by atoms with Gasteiger partial charge >= 0.3 is 0 Å². The highest BCUT2D eigenvalue weighted by Gasteiger charge is 2.18. The average Bonchev–Trinajstić information content (AvgIpc) is 2.79. The third-order valence-electron chi connectivity index (χ3n) is 2.74. The van der Waals surface area contributed by atoms with Crippen LogP contribution < -0.4 is 5.32 Å². The van der Waals surface area contributed by atoms with E-state index >= 15 is 0 Å². The van der Waals surface area contributed by atoms with Crippen LogP contribution in [-0.4, -0.2) is 30.9 Å². The van der Waals surface area contributed by atoms with E-state index in [4.69, 9.17) is 0 Å². The lowest BCUT2D eigenvalue weighted by molar-refractivity contribution is 0.0934. The van der Waals surface area contributed by atoms with Gasteiger partial charge in [0.2, 0.25) is 0 Å². The summed E-state index contributed by atoms with van der Waals surface area (Å²) < 4.78 is 1.69. The molecule has 1 unspecified atom stereocenters. The maximum Gasteiger partial charge on any atom is 0.255 e. The van der Waals surface area contributed by atoms with Gasteiger partial charge < -0.3 is 20.1 Å². The first-order valence-electron chi connectivity index (χ1n) is 5.66. The van der Waals surface area contributed by atoms with Gasteiger partial charge in [0, 0.05) is 7.05 Å². The van der Waals surface area contributed by atoms with Crippen LogP contribution in [0.2, 0.25) is 0 Å². The first-order valence-corrected chi connectivity index (χ1v) is 5.66. The lowest BCUT2D eigenvalue weighted by atomic mass is 10.1. The molecule has 1 amide bonds. The minimum atomic E-state index is -0.496. The fraction of sp³-hybridized carbons (Fsp3) is 0.250. The fourth-order valence-electron chi connectivity index (χ4n) is 1.74. The second-order valence-electron chi connectivity index (χ2n) is 4.17. The number of amides is 1. The molecule has 0 spiro atoms. The number of para-hydroxylation sites is 1. The van der Waals surface area contributed by atoms with Gasteiger partial charge in [-0.2, -0.15) is 0 Å². The van der Waals surface area contributed by atoms with Gasteiger partial charge in [-0.15, -0.1) is 10.2 Å². The highest BCUT2D eigenvalue weighted by atomic mass is 16.3. The van der Waals surface area contributed by atoms with Crippen molar-refractivity contribution < 1.29 is 15.0 Å². The van der Waals surface area contributed by atoms with Crippen molar-refractivity contribution in [3.63, 3.8) is 0 Å². The van der Waals surface area contributed by atoms with Gasteiger partial charge in [-0.1, -0.05) is 6.07 Å². The molecule has 1 heterocycles. The lowest BCUT2D eigenvalue weighted by Crippen LogP contribution is -2.28. The molecule has 2 aromatic rings. The highest BCUT2D eigenvalue weighted by Crippen LogP contribution is 2.28. The summed E-state index contributed by atoms with van der Waals surface area (Å²) in [5.41, 5.74) is 0.00835. The molecule has 7 heteroatoms. The summed E-state index contributed by atoms with van der Waals surface area (Å²) in [6.07, 6.45) is 1.53. The molecule has 0 aliphatic carbocycles. The summed E-state index contributed by atoms with van der Waals surface area (Å²) in [5.74, 6) is -0.680. The van der Waals surface area contributed by atoms with Crippen molar-refractivity contribution in [1.29, 1.82) is 0 Å². The van der Waals surface area contributed by atoms with Crippen LogP contribution in [0.1, 0.15) is 29.1 Å². The zero-order valence-electron chi connectivity index (χ0n) is 10.5. The van der Waals surface area contributed by atoms with E-state index in [9.17, 15) is 15.0 Å². The number of aryl methyl sites for hydroxylation is 1. The molecular weight excluding hydrogens is 248 g/mol. The molecule has 0 radical (unpaired) electrons. The lowest BCUT2D eigenvalue weighted by Gasteiger charge is -2.13. The summed E-state index contributed by atoms with van der Waals surface area (Å²) in [7, 11) is 1.77. The van der Waals surface area contributed by atoms with Gasteiger partial charge in [-0.3, -0.25) is 4.79 Å². The number of aromatic hydroxyl groups is 2. The molecule has 0 aliphatic rings. The number of nitrogens with one attached hydrogen (secondary N) is 1. The molecule has 0 saturated heterocycles. The Balaban J connectivity index is 2.18. The summed E-state index contributed by atoms with van der Waals surface area (Å²) in [6, 6.07) is 3.84. The first-order chi connectivity index (χ1) is 9.00. The van der Waals surface area contributed by atoms with Gasteiger partial charge in [0.15, 0.2) is 17.3 Å². The van der Waals surface area contributed by atoms with Crippen molar-refractivity contribution in [3.8, 4) is 11.5 Å². The number of benzene rings is 1. The van der Waals surface area contributed by atoms with E-state index in [0.717, 1.165) is 0 Å². The third kappa shape index (κ3) is 2.49. The second-order valence-corrected chi connectivity index (χ2v) is 4.17. The predicted molar refractivity (Wildman–Crippen MR) is 66.7 cm³/mol. The van der Waals surface area contributed by atoms with Crippen molar-refractivity contribution in [2.45, 2.75) is 13.0 Å². The number of carbonyl (C=O) groups is 1. The average molecular weight is 262 g/mol. The molecule has 0 bridgehead atoms. The first kappa shape index (κ1) is 12.9. The molecule has 19 heavy (non-hydrogen) atoms. The van der Waals surface area contributed by atoms with Crippen LogP contribution in [0.5, 0.6) is 11.5 Å². The van der Waals surface area contributed by atoms with E-state index < -0.39 is 11.7 Å². The van der Waals surface area contributed by atoms with Gasteiger partial charge in [0.25, 0.3) is 5.91 Å². The third-order valence-corrected chi connectivity index (χ3v) is 2.74. The number of hydrogen-bond donors (Lipinski definition) is 3. The molecule has 1 aromatic carbocycles. The Morgan fingerprint density at radius 1 is 1.42 bits per heavy atom. The number of phenols is 2. The molecule has 0 saturated carbocycles. The van der Waals surface area contributed by atoms with Crippen LogP contribution in [0.4, 0.5) is 0 Å². The number of rotatable bonds is 3. The Hall–Kier alpha value is -2.57. The van der Waals surface area contributed by atoms with Crippen LogP contribution >= 0.6 is 0 Å².